The van der Waals surface area contributed by atoms with E-state index in [1.807, 2.05) is 30.3 Å². The van der Waals surface area contributed by atoms with Crippen LogP contribution in [-0.2, 0) is 24.2 Å². The van der Waals surface area contributed by atoms with E-state index in [0.29, 0.717) is 23.6 Å². The standard InChI is InChI=1S/C21H24N2O6S/c1-28-13-12-23(17-11-14-30(26,27)15-17)21(25)20(24)22-16-7-9-19(10-8-16)29-18-5-3-2-4-6-18/h2-10,17H,11-15H2,1H3,(H,22,24). The second-order valence-electron chi connectivity index (χ2n) is 6.94. The molecule has 0 spiro atoms. The fraction of sp³-hybridized carbons (Fsp3) is 0.333. The molecule has 2 amide bonds. The van der Waals surface area contributed by atoms with Crippen molar-refractivity contribution in [3.63, 3.8) is 0 Å². The van der Waals surface area contributed by atoms with Crippen LogP contribution < -0.4 is 10.1 Å². The van der Waals surface area contributed by atoms with Crippen LogP contribution in [0.25, 0.3) is 0 Å². The molecule has 8 nitrogen and oxygen atoms in total. The molecule has 9 heteroatoms. The number of hydrogen-bond donors (Lipinski definition) is 1. The summed E-state index contributed by atoms with van der Waals surface area (Å²) >= 11 is 0. The van der Waals surface area contributed by atoms with Gasteiger partial charge in [-0.2, -0.15) is 0 Å². The molecule has 1 atom stereocenters. The molecule has 0 radical (unpaired) electrons. The Labute approximate surface area is 175 Å². The monoisotopic (exact) mass is 432 g/mol. The van der Waals surface area contributed by atoms with Gasteiger partial charge in [0.2, 0.25) is 0 Å². The lowest BCUT2D eigenvalue weighted by atomic mass is 10.2. The molecule has 3 rings (SSSR count). The molecule has 1 unspecified atom stereocenters. The van der Waals surface area contributed by atoms with Crippen LogP contribution in [0.5, 0.6) is 11.5 Å². The number of benzene rings is 2. The Kier molecular flexibility index (Phi) is 7.07. The van der Waals surface area contributed by atoms with Gasteiger partial charge in [-0.05, 0) is 42.8 Å². The predicted molar refractivity (Wildman–Crippen MR) is 112 cm³/mol. The first-order chi connectivity index (χ1) is 14.4. The minimum atomic E-state index is -3.19. The summed E-state index contributed by atoms with van der Waals surface area (Å²) in [5, 5.41) is 2.56. The number of amides is 2. The minimum Gasteiger partial charge on any atom is -0.457 e. The molecule has 1 N–H and O–H groups in total. The topological polar surface area (TPSA) is 102 Å². The molecular weight excluding hydrogens is 408 g/mol. The highest BCUT2D eigenvalue weighted by Gasteiger charge is 2.36. The zero-order valence-electron chi connectivity index (χ0n) is 16.6. The van der Waals surface area contributed by atoms with Gasteiger partial charge >= 0.3 is 11.8 Å². The number of sulfone groups is 1. The zero-order valence-corrected chi connectivity index (χ0v) is 17.4. The van der Waals surface area contributed by atoms with Gasteiger partial charge in [0.25, 0.3) is 0 Å². The van der Waals surface area contributed by atoms with Crippen molar-refractivity contribution in [3.8, 4) is 11.5 Å². The first-order valence-electron chi connectivity index (χ1n) is 9.52. The molecule has 1 aliphatic heterocycles. The number of para-hydroxylation sites is 1. The van der Waals surface area contributed by atoms with E-state index in [9.17, 15) is 18.0 Å². The second-order valence-corrected chi connectivity index (χ2v) is 9.17. The van der Waals surface area contributed by atoms with Crippen molar-refractivity contribution >= 4 is 27.3 Å². The normalized spacial score (nSPS) is 17.3. The molecule has 30 heavy (non-hydrogen) atoms. The quantitative estimate of drug-likeness (QED) is 0.672. The molecule has 1 heterocycles. The van der Waals surface area contributed by atoms with E-state index in [1.54, 1.807) is 24.3 Å². The van der Waals surface area contributed by atoms with Crippen LogP contribution in [0.4, 0.5) is 5.69 Å². The maximum atomic E-state index is 12.7. The van der Waals surface area contributed by atoms with Gasteiger partial charge in [-0.25, -0.2) is 8.42 Å². The Morgan fingerprint density at radius 1 is 1.07 bits per heavy atom. The fourth-order valence-corrected chi connectivity index (χ4v) is 4.94. The molecule has 0 aliphatic carbocycles. The summed E-state index contributed by atoms with van der Waals surface area (Å²) < 4.78 is 34.3. The van der Waals surface area contributed by atoms with Gasteiger partial charge in [0.15, 0.2) is 9.84 Å². The van der Waals surface area contributed by atoms with Gasteiger partial charge in [0, 0.05) is 25.4 Å². The van der Waals surface area contributed by atoms with E-state index in [2.05, 4.69) is 5.32 Å². The third-order valence-electron chi connectivity index (χ3n) is 4.73. The molecular formula is C21H24N2O6S. The van der Waals surface area contributed by atoms with Crippen LogP contribution in [0, 0.1) is 0 Å². The largest absolute Gasteiger partial charge is 0.457 e. The highest BCUT2D eigenvalue weighted by Crippen LogP contribution is 2.23. The Hall–Kier alpha value is -2.91. The van der Waals surface area contributed by atoms with Gasteiger partial charge < -0.3 is 19.7 Å². The Balaban J connectivity index is 1.63. The summed E-state index contributed by atoms with van der Waals surface area (Å²) in [7, 11) is -1.72. The number of ether oxygens (including phenoxy) is 2. The molecule has 2 aromatic rings. The summed E-state index contributed by atoms with van der Waals surface area (Å²) in [6, 6.07) is 15.4. The number of methoxy groups -OCH3 is 1. The summed E-state index contributed by atoms with van der Waals surface area (Å²) in [6.07, 6.45) is 0.316. The van der Waals surface area contributed by atoms with Crippen molar-refractivity contribution in [2.24, 2.45) is 0 Å². The lowest BCUT2D eigenvalue weighted by molar-refractivity contribution is -0.144. The molecule has 0 saturated carbocycles. The van der Waals surface area contributed by atoms with Crippen LogP contribution in [0.15, 0.2) is 54.6 Å². The van der Waals surface area contributed by atoms with Crippen LogP contribution >= 0.6 is 0 Å². The predicted octanol–water partition coefficient (Wildman–Crippen LogP) is 2.08. The van der Waals surface area contributed by atoms with Crippen molar-refractivity contribution < 1.29 is 27.5 Å². The average Bonchev–Trinajstić information content (AvgIpc) is 3.09. The Bertz CT molecular complexity index is 976. The first kappa shape index (κ1) is 21.8. The van der Waals surface area contributed by atoms with Crippen molar-refractivity contribution in [1.29, 1.82) is 0 Å². The molecule has 1 saturated heterocycles. The number of anilines is 1. The number of nitrogens with zero attached hydrogens (tertiary/aromatic N) is 1. The van der Waals surface area contributed by atoms with Crippen molar-refractivity contribution in [3.05, 3.63) is 54.6 Å². The summed E-state index contributed by atoms with van der Waals surface area (Å²) in [5.74, 6) is -0.459. The third-order valence-corrected chi connectivity index (χ3v) is 6.48. The first-order valence-corrected chi connectivity index (χ1v) is 11.3. The SMILES string of the molecule is COCCN(C(=O)C(=O)Nc1ccc(Oc2ccccc2)cc1)C1CCS(=O)(=O)C1. The fourth-order valence-electron chi connectivity index (χ4n) is 3.21. The molecule has 1 fully saturated rings. The lowest BCUT2D eigenvalue weighted by Crippen LogP contribution is -2.47. The number of hydrogen-bond acceptors (Lipinski definition) is 6. The summed E-state index contributed by atoms with van der Waals surface area (Å²) in [5.41, 5.74) is 0.430. The number of rotatable bonds is 7. The van der Waals surface area contributed by atoms with Crippen LogP contribution in [0.1, 0.15) is 6.42 Å². The highest BCUT2D eigenvalue weighted by molar-refractivity contribution is 7.91. The zero-order chi connectivity index (χ0) is 21.6. The minimum absolute atomic E-state index is 0.0128. The second kappa shape index (κ2) is 9.73. The third kappa shape index (κ3) is 5.80. The maximum absolute atomic E-state index is 12.7. The molecule has 0 bridgehead atoms. The molecule has 160 valence electrons. The van der Waals surface area contributed by atoms with Crippen LogP contribution in [0.2, 0.25) is 0 Å². The molecule has 2 aromatic carbocycles. The van der Waals surface area contributed by atoms with Gasteiger partial charge in [0.05, 0.1) is 18.1 Å². The van der Waals surface area contributed by atoms with Gasteiger partial charge in [-0.1, -0.05) is 18.2 Å². The van der Waals surface area contributed by atoms with E-state index in [-0.39, 0.29) is 24.7 Å². The van der Waals surface area contributed by atoms with Gasteiger partial charge in [-0.3, -0.25) is 9.59 Å². The van der Waals surface area contributed by atoms with Crippen LogP contribution in [-0.4, -0.2) is 62.9 Å². The van der Waals surface area contributed by atoms with E-state index in [4.69, 9.17) is 9.47 Å². The summed E-state index contributed by atoms with van der Waals surface area (Å²) in [4.78, 5) is 26.5. The van der Waals surface area contributed by atoms with Crippen molar-refractivity contribution in [1.82, 2.24) is 4.90 Å². The average molecular weight is 432 g/mol. The number of carbonyl (C=O) groups excluding carboxylic acids is 2. The van der Waals surface area contributed by atoms with Crippen molar-refractivity contribution in [2.75, 3.05) is 37.1 Å². The van der Waals surface area contributed by atoms with E-state index in [1.165, 1.54) is 12.0 Å². The van der Waals surface area contributed by atoms with Crippen LogP contribution in [0.3, 0.4) is 0 Å². The van der Waals surface area contributed by atoms with Gasteiger partial charge in [0.1, 0.15) is 11.5 Å². The molecule has 1 aliphatic rings. The van der Waals surface area contributed by atoms with E-state index >= 15 is 0 Å². The van der Waals surface area contributed by atoms with Gasteiger partial charge in [-0.15, -0.1) is 0 Å². The van der Waals surface area contributed by atoms with Crippen molar-refractivity contribution in [2.45, 2.75) is 12.5 Å². The Morgan fingerprint density at radius 2 is 1.73 bits per heavy atom. The smallest absolute Gasteiger partial charge is 0.313 e. The lowest BCUT2D eigenvalue weighted by Gasteiger charge is -2.27. The number of nitrogens with one attached hydrogen (secondary N) is 1. The maximum Gasteiger partial charge on any atom is 0.313 e. The highest BCUT2D eigenvalue weighted by atomic mass is 32.2. The Morgan fingerprint density at radius 3 is 2.33 bits per heavy atom. The number of carbonyl (C=O) groups is 2. The summed E-state index contributed by atoms with van der Waals surface area (Å²) in [6.45, 7) is 0.355. The molecule has 0 aromatic heterocycles. The van der Waals surface area contributed by atoms with E-state index < -0.39 is 27.7 Å². The van der Waals surface area contributed by atoms with E-state index in [0.717, 1.165) is 0 Å².